The Morgan fingerprint density at radius 2 is 2.00 bits per heavy atom. The van der Waals surface area contributed by atoms with Gasteiger partial charge in [0.05, 0.1) is 34.3 Å². The van der Waals surface area contributed by atoms with Gasteiger partial charge in [-0.05, 0) is 13.0 Å². The Hall–Kier alpha value is -0.870. The Morgan fingerprint density at radius 1 is 1.50 bits per heavy atom. The summed E-state index contributed by atoms with van der Waals surface area (Å²) in [6.07, 6.45) is -0.877. The van der Waals surface area contributed by atoms with E-state index >= 15 is 0 Å². The van der Waals surface area contributed by atoms with Crippen LogP contribution in [-0.2, 0) is 9.53 Å². The van der Waals surface area contributed by atoms with Crippen LogP contribution in [-0.4, -0.2) is 50.9 Å². The van der Waals surface area contributed by atoms with E-state index in [1.54, 1.807) is 6.92 Å². The highest BCUT2D eigenvalue weighted by molar-refractivity contribution is 5.86. The van der Waals surface area contributed by atoms with Gasteiger partial charge >= 0.3 is 5.97 Å². The Labute approximate surface area is 85.4 Å². The topological polar surface area (TPSA) is 49.4 Å². The third kappa shape index (κ3) is 6.62. The number of carbonyl (C=O) groups excluding carboxylic acids is 1. The van der Waals surface area contributed by atoms with Gasteiger partial charge in [0.25, 0.3) is 0 Å². The van der Waals surface area contributed by atoms with Crippen LogP contribution in [0.2, 0.25) is 0 Å². The van der Waals surface area contributed by atoms with Crippen LogP contribution >= 0.6 is 0 Å². The molecule has 82 valence electrons. The summed E-state index contributed by atoms with van der Waals surface area (Å²) in [5.74, 6) is -0.493. The normalized spacial score (nSPS) is 13.5. The smallest absolute Gasteiger partial charge is 0.333 e. The minimum absolute atomic E-state index is 0.0821. The van der Waals surface area contributed by atoms with Gasteiger partial charge in [0.2, 0.25) is 0 Å². The predicted molar refractivity (Wildman–Crippen MR) is 52.5 cm³/mol. The summed E-state index contributed by atoms with van der Waals surface area (Å²) in [6, 6.07) is 0. The zero-order chi connectivity index (χ0) is 11.4. The van der Waals surface area contributed by atoms with Crippen molar-refractivity contribution >= 4 is 5.97 Å². The van der Waals surface area contributed by atoms with Crippen LogP contribution in [0.3, 0.4) is 0 Å². The van der Waals surface area contributed by atoms with Crippen molar-refractivity contribution in [3.63, 3.8) is 0 Å². The lowest BCUT2D eigenvalue weighted by Gasteiger charge is -2.32. The van der Waals surface area contributed by atoms with E-state index in [0.717, 1.165) is 0 Å². The molecule has 0 heterocycles. The minimum atomic E-state index is -0.877. The molecule has 0 radical (unpaired) electrons. The van der Waals surface area contributed by atoms with Crippen LogP contribution < -0.4 is 5.11 Å². The number of hydrogen-bond donors (Lipinski definition) is 0. The first kappa shape index (κ1) is 13.1. The van der Waals surface area contributed by atoms with E-state index < -0.39 is 12.1 Å². The molecule has 0 fully saturated rings. The predicted octanol–water partition coefficient (Wildman–Crippen LogP) is -0.459. The van der Waals surface area contributed by atoms with Gasteiger partial charge < -0.3 is 14.3 Å². The molecule has 0 aromatic carbocycles. The summed E-state index contributed by atoms with van der Waals surface area (Å²) < 4.78 is 5.32. The maximum atomic E-state index is 11.3. The zero-order valence-electron chi connectivity index (χ0n) is 9.37. The van der Waals surface area contributed by atoms with Crippen LogP contribution in [0, 0.1) is 0 Å². The number of nitrogens with zero attached hydrogens (tertiary/aromatic N) is 1. The molecule has 4 heteroatoms. The van der Waals surface area contributed by atoms with E-state index in [4.69, 9.17) is 4.74 Å². The molecule has 0 N–H and O–H groups in total. The molecule has 0 aliphatic heterocycles. The standard InChI is InChI=1S/C10H19NO3/c1-8(2)10(13)14-7-9(12)6-11(3,4)5/h9H,1,6-7H2,2-5H3. The van der Waals surface area contributed by atoms with Crippen molar-refractivity contribution < 1.29 is 19.1 Å². The molecule has 0 amide bonds. The summed E-state index contributed by atoms with van der Waals surface area (Å²) in [6.45, 7) is 5.34. The van der Waals surface area contributed by atoms with E-state index in [0.29, 0.717) is 16.6 Å². The zero-order valence-corrected chi connectivity index (χ0v) is 9.37. The number of likely N-dealkylation sites (N-methyl/N-ethyl adjacent to an activating group) is 1. The number of hydrogen-bond acceptors (Lipinski definition) is 3. The van der Waals surface area contributed by atoms with Crippen LogP contribution in [0.1, 0.15) is 6.92 Å². The maximum Gasteiger partial charge on any atom is 0.333 e. The van der Waals surface area contributed by atoms with Crippen molar-refractivity contribution in [1.29, 1.82) is 0 Å². The monoisotopic (exact) mass is 201 g/mol. The molecule has 0 aromatic rings. The van der Waals surface area contributed by atoms with Gasteiger partial charge in [-0.1, -0.05) is 6.58 Å². The lowest BCUT2D eigenvalue weighted by atomic mass is 10.3. The highest BCUT2D eigenvalue weighted by atomic mass is 16.5. The van der Waals surface area contributed by atoms with Crippen molar-refractivity contribution in [2.24, 2.45) is 0 Å². The fourth-order valence-electron chi connectivity index (χ4n) is 0.955. The van der Waals surface area contributed by atoms with E-state index in [1.165, 1.54) is 0 Å². The van der Waals surface area contributed by atoms with Gasteiger partial charge in [-0.15, -0.1) is 0 Å². The van der Waals surface area contributed by atoms with Gasteiger partial charge in [0.1, 0.15) is 0 Å². The molecule has 0 aromatic heterocycles. The van der Waals surface area contributed by atoms with E-state index in [2.05, 4.69) is 6.58 Å². The molecule has 0 rings (SSSR count). The van der Waals surface area contributed by atoms with Crippen molar-refractivity contribution in [2.45, 2.75) is 13.0 Å². The molecular formula is C10H19NO3. The molecule has 14 heavy (non-hydrogen) atoms. The third-order valence-corrected chi connectivity index (χ3v) is 1.50. The number of rotatable bonds is 5. The summed E-state index contributed by atoms with van der Waals surface area (Å²) >= 11 is 0. The molecule has 0 aliphatic carbocycles. The number of carbonyl (C=O) groups is 1. The second-order valence-corrected chi connectivity index (χ2v) is 4.47. The molecule has 4 nitrogen and oxygen atoms in total. The molecule has 0 spiro atoms. The summed E-state index contributed by atoms with van der Waals surface area (Å²) in [7, 11) is 5.77. The average Bonchev–Trinajstić information content (AvgIpc) is 1.96. The summed E-state index contributed by atoms with van der Waals surface area (Å²) in [5.41, 5.74) is 0.322. The van der Waals surface area contributed by atoms with E-state index in [-0.39, 0.29) is 6.61 Å². The first-order valence-electron chi connectivity index (χ1n) is 4.51. The number of esters is 1. The highest BCUT2D eigenvalue weighted by Crippen LogP contribution is 1.96. The Morgan fingerprint density at radius 3 is 2.36 bits per heavy atom. The van der Waals surface area contributed by atoms with Gasteiger partial charge in [-0.2, -0.15) is 0 Å². The van der Waals surface area contributed by atoms with Crippen molar-refractivity contribution in [1.82, 2.24) is 0 Å². The van der Waals surface area contributed by atoms with Crippen LogP contribution in [0.25, 0.3) is 0 Å². The molecular weight excluding hydrogens is 182 g/mol. The van der Waals surface area contributed by atoms with Crippen molar-refractivity contribution in [2.75, 3.05) is 34.3 Å². The molecule has 0 bridgehead atoms. The van der Waals surface area contributed by atoms with E-state index in [1.807, 2.05) is 21.1 Å². The summed E-state index contributed by atoms with van der Waals surface area (Å²) in [5, 5.41) is 11.3. The molecule has 1 unspecified atom stereocenters. The third-order valence-electron chi connectivity index (χ3n) is 1.50. The van der Waals surface area contributed by atoms with Gasteiger partial charge in [0, 0.05) is 5.57 Å². The maximum absolute atomic E-state index is 11.3. The number of quaternary nitrogens is 1. The van der Waals surface area contributed by atoms with E-state index in [9.17, 15) is 9.90 Å². The fourth-order valence-corrected chi connectivity index (χ4v) is 0.955. The SMILES string of the molecule is C=C(C)C(=O)OCC([O-])C[N+](C)(C)C. The largest absolute Gasteiger partial charge is 0.846 e. The minimum Gasteiger partial charge on any atom is -0.846 e. The summed E-state index contributed by atoms with van der Waals surface area (Å²) in [4.78, 5) is 10.9. The van der Waals surface area contributed by atoms with Crippen molar-refractivity contribution in [3.8, 4) is 0 Å². The van der Waals surface area contributed by atoms with Gasteiger partial charge in [0.15, 0.2) is 0 Å². The second-order valence-electron chi connectivity index (χ2n) is 4.47. The average molecular weight is 201 g/mol. The van der Waals surface area contributed by atoms with Crippen LogP contribution in [0.4, 0.5) is 0 Å². The number of ether oxygens (including phenoxy) is 1. The van der Waals surface area contributed by atoms with Crippen molar-refractivity contribution in [3.05, 3.63) is 12.2 Å². The first-order chi connectivity index (χ1) is 6.22. The Balaban J connectivity index is 3.80. The second kappa shape index (κ2) is 5.12. The Kier molecular flexibility index (Phi) is 4.80. The molecule has 0 aliphatic rings. The molecule has 0 saturated carbocycles. The van der Waals surface area contributed by atoms with Gasteiger partial charge in [-0.3, -0.25) is 0 Å². The lowest BCUT2D eigenvalue weighted by molar-refractivity contribution is -0.880. The molecule has 0 saturated heterocycles. The molecule has 1 atom stereocenters. The van der Waals surface area contributed by atoms with Crippen LogP contribution in [0.15, 0.2) is 12.2 Å². The Bertz CT molecular complexity index is 218. The fraction of sp³-hybridized carbons (Fsp3) is 0.700. The van der Waals surface area contributed by atoms with Crippen LogP contribution in [0.5, 0.6) is 0 Å². The lowest BCUT2D eigenvalue weighted by Crippen LogP contribution is -2.48. The highest BCUT2D eigenvalue weighted by Gasteiger charge is 2.11. The first-order valence-corrected chi connectivity index (χ1v) is 4.51. The van der Waals surface area contributed by atoms with Gasteiger partial charge in [-0.25, -0.2) is 4.79 Å². The quantitative estimate of drug-likeness (QED) is 0.343.